The van der Waals surface area contributed by atoms with Crippen molar-refractivity contribution in [1.82, 2.24) is 4.90 Å². The van der Waals surface area contributed by atoms with E-state index in [9.17, 15) is 18.0 Å². The summed E-state index contributed by atoms with van der Waals surface area (Å²) in [5.74, 6) is 0. The fraction of sp³-hybridized carbons (Fsp3) is 0.462. The minimum absolute atomic E-state index is 0.0695. The van der Waals surface area contributed by atoms with Crippen LogP contribution in [0.1, 0.15) is 17.5 Å². The molecule has 2 N–H and O–H groups in total. The van der Waals surface area contributed by atoms with Gasteiger partial charge in [0.2, 0.25) is 0 Å². The van der Waals surface area contributed by atoms with E-state index in [-0.39, 0.29) is 13.2 Å². The summed E-state index contributed by atoms with van der Waals surface area (Å²) in [6.45, 7) is 0.331. The highest BCUT2D eigenvalue weighted by Gasteiger charge is 2.61. The van der Waals surface area contributed by atoms with E-state index in [1.807, 2.05) is 12.1 Å². The Morgan fingerprint density at radius 3 is 2.80 bits per heavy atom. The van der Waals surface area contributed by atoms with E-state index in [1.165, 1.54) is 0 Å². The van der Waals surface area contributed by atoms with Crippen molar-refractivity contribution in [1.29, 1.82) is 0 Å². The number of alkyl halides is 3. The second kappa shape index (κ2) is 4.12. The lowest BCUT2D eigenvalue weighted by Gasteiger charge is -2.54. The Hall–Kier alpha value is -1.76. The smallest absolute Gasteiger partial charge is 0.362 e. The molecule has 0 saturated carbocycles. The summed E-state index contributed by atoms with van der Waals surface area (Å²) in [4.78, 5) is 12.3. The highest BCUT2D eigenvalue weighted by atomic mass is 19.4. The lowest BCUT2D eigenvalue weighted by atomic mass is 9.76. The average molecular weight is 286 g/mol. The third-order valence-corrected chi connectivity index (χ3v) is 3.99. The Kier molecular flexibility index (Phi) is 2.72. The highest BCUT2D eigenvalue weighted by molar-refractivity contribution is 5.74. The number of fused-ring (bicyclic) bond motifs is 2. The number of nitrogens with zero attached hydrogens (tertiary/aromatic N) is 1. The molecule has 1 aromatic carbocycles. The van der Waals surface area contributed by atoms with Crippen molar-refractivity contribution >= 4 is 6.03 Å². The van der Waals surface area contributed by atoms with Gasteiger partial charge in [0.25, 0.3) is 0 Å². The number of ether oxygens (including phenoxy) is 1. The molecule has 0 bridgehead atoms. The molecule has 0 radical (unpaired) electrons. The third-order valence-electron chi connectivity index (χ3n) is 3.99. The minimum Gasteiger partial charge on any atom is -0.362 e. The van der Waals surface area contributed by atoms with Crippen LogP contribution < -0.4 is 5.73 Å². The zero-order chi connectivity index (χ0) is 14.5. The first kappa shape index (κ1) is 13.2. The van der Waals surface area contributed by atoms with Gasteiger partial charge in [0.15, 0.2) is 0 Å². The summed E-state index contributed by atoms with van der Waals surface area (Å²) in [5.41, 5.74) is 5.67. The van der Waals surface area contributed by atoms with Crippen LogP contribution in [0.2, 0.25) is 0 Å². The number of urea groups is 1. The molecule has 3 rings (SSSR count). The minimum atomic E-state index is -4.38. The lowest BCUT2D eigenvalue weighted by Crippen LogP contribution is -2.70. The standard InChI is InChI=1S/C13H13F3N2O2/c14-13(15,16)5-10-12(7-18(10)11(17)19)9-4-2-1-3-8(9)6-20-12/h1-4,10H,5-7H2,(H2,17,19). The molecule has 2 atom stereocenters. The quantitative estimate of drug-likeness (QED) is 0.859. The summed E-state index contributed by atoms with van der Waals surface area (Å²) < 4.78 is 43.9. The maximum atomic E-state index is 12.7. The van der Waals surface area contributed by atoms with Crippen LogP contribution in [0.5, 0.6) is 0 Å². The summed E-state index contributed by atoms with van der Waals surface area (Å²) in [6, 6.07) is 5.20. The van der Waals surface area contributed by atoms with Crippen molar-refractivity contribution in [3.05, 3.63) is 35.4 Å². The largest absolute Gasteiger partial charge is 0.391 e. The van der Waals surface area contributed by atoms with E-state index in [1.54, 1.807) is 12.1 Å². The van der Waals surface area contributed by atoms with Gasteiger partial charge in [-0.3, -0.25) is 0 Å². The number of nitrogens with two attached hydrogens (primary N) is 1. The highest BCUT2D eigenvalue weighted by Crippen LogP contribution is 2.50. The molecule has 2 unspecified atom stereocenters. The molecule has 1 saturated heterocycles. The van der Waals surface area contributed by atoms with E-state index in [0.29, 0.717) is 0 Å². The number of primary amides is 1. The Balaban J connectivity index is 1.96. The fourth-order valence-corrected chi connectivity index (χ4v) is 3.08. The normalized spacial score (nSPS) is 28.4. The lowest BCUT2D eigenvalue weighted by molar-refractivity contribution is -0.217. The van der Waals surface area contributed by atoms with Crippen molar-refractivity contribution in [2.24, 2.45) is 5.73 Å². The molecule has 1 fully saturated rings. The number of likely N-dealkylation sites (tertiary alicyclic amines) is 1. The molecular formula is C13H13F3N2O2. The van der Waals surface area contributed by atoms with Gasteiger partial charge in [-0.2, -0.15) is 13.2 Å². The first-order valence-electron chi connectivity index (χ1n) is 6.19. The van der Waals surface area contributed by atoms with Crippen LogP contribution in [-0.2, 0) is 16.9 Å². The molecule has 1 aromatic rings. The summed E-state index contributed by atoms with van der Waals surface area (Å²) in [6.07, 6.45) is -5.50. The summed E-state index contributed by atoms with van der Waals surface area (Å²) in [7, 11) is 0. The number of amides is 2. The van der Waals surface area contributed by atoms with Gasteiger partial charge >= 0.3 is 12.2 Å². The number of halogens is 3. The zero-order valence-corrected chi connectivity index (χ0v) is 10.5. The first-order valence-corrected chi connectivity index (χ1v) is 6.19. The predicted octanol–water partition coefficient (Wildman–Crippen LogP) is 2.13. The molecule has 108 valence electrons. The van der Waals surface area contributed by atoms with Crippen molar-refractivity contribution in [3.8, 4) is 0 Å². The maximum Gasteiger partial charge on any atom is 0.391 e. The van der Waals surface area contributed by atoms with E-state index < -0.39 is 30.3 Å². The van der Waals surface area contributed by atoms with Crippen molar-refractivity contribution in [2.75, 3.05) is 6.54 Å². The molecule has 4 nitrogen and oxygen atoms in total. The number of rotatable bonds is 1. The van der Waals surface area contributed by atoms with Crippen LogP contribution in [0, 0.1) is 0 Å². The van der Waals surface area contributed by atoms with Gasteiger partial charge in [-0.1, -0.05) is 24.3 Å². The van der Waals surface area contributed by atoms with Gasteiger partial charge in [0.1, 0.15) is 5.60 Å². The Morgan fingerprint density at radius 2 is 2.15 bits per heavy atom. The molecule has 2 amide bonds. The van der Waals surface area contributed by atoms with Gasteiger partial charge in [-0.15, -0.1) is 0 Å². The van der Waals surface area contributed by atoms with Crippen LogP contribution in [0.4, 0.5) is 18.0 Å². The van der Waals surface area contributed by atoms with E-state index in [2.05, 4.69) is 0 Å². The van der Waals surface area contributed by atoms with Gasteiger partial charge in [-0.05, 0) is 11.1 Å². The maximum absolute atomic E-state index is 12.7. The number of carbonyl (C=O) groups excluding carboxylic acids is 1. The van der Waals surface area contributed by atoms with Gasteiger partial charge in [0, 0.05) is 0 Å². The zero-order valence-electron chi connectivity index (χ0n) is 10.5. The SMILES string of the molecule is NC(=O)N1CC2(OCc3ccccc32)C1CC(F)(F)F. The average Bonchev–Trinajstić information content (AvgIpc) is 2.74. The monoisotopic (exact) mass is 286 g/mol. The number of hydrogen-bond donors (Lipinski definition) is 1. The molecule has 2 aliphatic heterocycles. The molecule has 0 aliphatic carbocycles. The van der Waals surface area contributed by atoms with E-state index in [4.69, 9.17) is 10.5 Å². The van der Waals surface area contributed by atoms with Gasteiger partial charge in [0.05, 0.1) is 25.6 Å². The fourth-order valence-electron chi connectivity index (χ4n) is 3.08. The van der Waals surface area contributed by atoms with Crippen LogP contribution in [0.15, 0.2) is 24.3 Å². The van der Waals surface area contributed by atoms with Crippen LogP contribution in [0.3, 0.4) is 0 Å². The molecule has 7 heteroatoms. The Bertz CT molecular complexity index is 561. The summed E-state index contributed by atoms with van der Waals surface area (Å²) >= 11 is 0. The third kappa shape index (κ3) is 1.84. The Morgan fingerprint density at radius 1 is 1.45 bits per heavy atom. The second-order valence-corrected chi connectivity index (χ2v) is 5.14. The first-order chi connectivity index (χ1) is 9.33. The van der Waals surface area contributed by atoms with E-state index >= 15 is 0 Å². The van der Waals surface area contributed by atoms with E-state index in [0.717, 1.165) is 16.0 Å². The van der Waals surface area contributed by atoms with Crippen molar-refractivity contribution in [3.63, 3.8) is 0 Å². The van der Waals surface area contributed by atoms with Crippen LogP contribution >= 0.6 is 0 Å². The topological polar surface area (TPSA) is 55.6 Å². The van der Waals surface area contributed by atoms with Gasteiger partial charge < -0.3 is 15.4 Å². The Labute approximate surface area is 113 Å². The second-order valence-electron chi connectivity index (χ2n) is 5.14. The predicted molar refractivity (Wildman–Crippen MR) is 63.7 cm³/mol. The molecular weight excluding hydrogens is 273 g/mol. The number of hydrogen-bond acceptors (Lipinski definition) is 2. The van der Waals surface area contributed by atoms with Gasteiger partial charge in [-0.25, -0.2) is 4.79 Å². The molecule has 2 heterocycles. The van der Waals surface area contributed by atoms with Crippen molar-refractivity contribution < 1.29 is 22.7 Å². The molecule has 0 aromatic heterocycles. The number of carbonyl (C=O) groups is 1. The molecule has 2 aliphatic rings. The molecule has 1 spiro atoms. The van der Waals surface area contributed by atoms with Crippen LogP contribution in [-0.4, -0.2) is 29.7 Å². The van der Waals surface area contributed by atoms with Crippen LogP contribution in [0.25, 0.3) is 0 Å². The number of benzene rings is 1. The molecule has 20 heavy (non-hydrogen) atoms. The van der Waals surface area contributed by atoms with Crippen molar-refractivity contribution in [2.45, 2.75) is 30.8 Å². The summed E-state index contributed by atoms with van der Waals surface area (Å²) in [5, 5.41) is 0.